The van der Waals surface area contributed by atoms with Crippen LogP contribution in [-0.2, 0) is 6.42 Å². The largest absolute Gasteiger partial charge is 0.0840 e. The summed E-state index contributed by atoms with van der Waals surface area (Å²) in [4.78, 5) is 0.255. The van der Waals surface area contributed by atoms with Gasteiger partial charge < -0.3 is 0 Å². The normalized spacial score (nSPS) is 12.5. The molecule has 0 amide bonds. The van der Waals surface area contributed by atoms with Gasteiger partial charge in [0.15, 0.2) is 0 Å². The van der Waals surface area contributed by atoms with Crippen molar-refractivity contribution in [3.8, 4) is 0 Å². The molecular formula is C18H13Br2Cl. The van der Waals surface area contributed by atoms with E-state index in [1.807, 2.05) is 18.2 Å². The molecule has 3 rings (SSSR count). The molecule has 0 bridgehead atoms. The van der Waals surface area contributed by atoms with E-state index < -0.39 is 0 Å². The molecule has 0 radical (unpaired) electrons. The molecule has 0 spiro atoms. The van der Waals surface area contributed by atoms with E-state index in [1.165, 1.54) is 16.3 Å². The van der Waals surface area contributed by atoms with Gasteiger partial charge in [-0.3, -0.25) is 0 Å². The van der Waals surface area contributed by atoms with Gasteiger partial charge in [0.1, 0.15) is 0 Å². The Morgan fingerprint density at radius 2 is 1.62 bits per heavy atom. The summed E-state index contributed by atoms with van der Waals surface area (Å²) in [6.45, 7) is 0. The Labute approximate surface area is 146 Å². The molecule has 3 aromatic carbocycles. The molecule has 0 aliphatic rings. The second-order valence-corrected chi connectivity index (χ2v) is 7.44. The van der Waals surface area contributed by atoms with E-state index >= 15 is 0 Å². The Morgan fingerprint density at radius 3 is 2.43 bits per heavy atom. The Bertz CT molecular complexity index is 783. The van der Waals surface area contributed by atoms with Crippen LogP contribution in [0, 0.1) is 0 Å². The molecular weight excluding hydrogens is 411 g/mol. The number of hydrogen-bond acceptors (Lipinski definition) is 0. The second-order valence-electron chi connectivity index (χ2n) is 5.01. The lowest BCUT2D eigenvalue weighted by Crippen LogP contribution is -1.96. The number of hydrogen-bond donors (Lipinski definition) is 0. The van der Waals surface area contributed by atoms with Gasteiger partial charge in [0.25, 0.3) is 0 Å². The maximum absolute atomic E-state index is 6.24. The highest BCUT2D eigenvalue weighted by Crippen LogP contribution is 2.32. The highest BCUT2D eigenvalue weighted by molar-refractivity contribution is 9.10. The predicted molar refractivity (Wildman–Crippen MR) is 98.5 cm³/mol. The first-order valence-electron chi connectivity index (χ1n) is 6.70. The number of alkyl halides is 1. The van der Waals surface area contributed by atoms with E-state index in [-0.39, 0.29) is 4.83 Å². The molecule has 3 aromatic rings. The van der Waals surface area contributed by atoms with E-state index in [0.29, 0.717) is 0 Å². The lowest BCUT2D eigenvalue weighted by atomic mass is 10.0. The average molecular weight is 425 g/mol. The average Bonchev–Trinajstić information content (AvgIpc) is 2.49. The van der Waals surface area contributed by atoms with Crippen molar-refractivity contribution in [2.24, 2.45) is 0 Å². The molecule has 0 saturated heterocycles. The zero-order chi connectivity index (χ0) is 14.8. The number of benzene rings is 3. The van der Waals surface area contributed by atoms with E-state index in [9.17, 15) is 0 Å². The third-order valence-electron chi connectivity index (χ3n) is 3.55. The number of halogens is 3. The van der Waals surface area contributed by atoms with Crippen LogP contribution in [0.25, 0.3) is 10.8 Å². The van der Waals surface area contributed by atoms with Crippen molar-refractivity contribution >= 4 is 54.2 Å². The molecule has 0 N–H and O–H groups in total. The molecule has 1 atom stereocenters. The van der Waals surface area contributed by atoms with Crippen molar-refractivity contribution in [3.63, 3.8) is 0 Å². The lowest BCUT2D eigenvalue weighted by molar-refractivity contribution is 0.951. The molecule has 0 aromatic heterocycles. The fraction of sp³-hybridized carbons (Fsp3) is 0.111. The van der Waals surface area contributed by atoms with Gasteiger partial charge in [-0.15, -0.1) is 0 Å². The predicted octanol–water partition coefficient (Wildman–Crippen LogP) is 6.93. The van der Waals surface area contributed by atoms with Gasteiger partial charge in [0.2, 0.25) is 0 Å². The van der Waals surface area contributed by atoms with Crippen LogP contribution < -0.4 is 0 Å². The molecule has 0 aliphatic carbocycles. The van der Waals surface area contributed by atoms with Crippen molar-refractivity contribution in [3.05, 3.63) is 81.3 Å². The first-order valence-corrected chi connectivity index (χ1v) is 8.79. The van der Waals surface area contributed by atoms with Crippen LogP contribution in [0.3, 0.4) is 0 Å². The monoisotopic (exact) mass is 422 g/mol. The summed E-state index contributed by atoms with van der Waals surface area (Å²) in [5.41, 5.74) is 2.43. The van der Waals surface area contributed by atoms with Crippen molar-refractivity contribution in [2.75, 3.05) is 0 Å². The molecule has 0 saturated carbocycles. The minimum atomic E-state index is 0.255. The molecule has 0 heterocycles. The van der Waals surface area contributed by atoms with Gasteiger partial charge in [-0.25, -0.2) is 0 Å². The summed E-state index contributed by atoms with van der Waals surface area (Å²) in [6, 6.07) is 20.9. The highest BCUT2D eigenvalue weighted by atomic mass is 79.9. The maximum Gasteiger partial charge on any atom is 0.0438 e. The lowest BCUT2D eigenvalue weighted by Gasteiger charge is -2.12. The zero-order valence-corrected chi connectivity index (χ0v) is 15.1. The third kappa shape index (κ3) is 3.50. The summed E-state index contributed by atoms with van der Waals surface area (Å²) in [6.07, 6.45) is 0.877. The molecule has 0 fully saturated rings. The van der Waals surface area contributed by atoms with E-state index in [4.69, 9.17) is 11.6 Å². The Hall–Kier alpha value is -0.830. The summed E-state index contributed by atoms with van der Waals surface area (Å²) >= 11 is 13.5. The van der Waals surface area contributed by atoms with E-state index in [1.54, 1.807) is 0 Å². The Morgan fingerprint density at radius 1 is 0.905 bits per heavy atom. The highest BCUT2D eigenvalue weighted by Gasteiger charge is 2.11. The molecule has 3 heteroatoms. The second kappa shape index (κ2) is 6.51. The minimum absolute atomic E-state index is 0.255. The summed E-state index contributed by atoms with van der Waals surface area (Å²) in [5, 5.41) is 3.32. The van der Waals surface area contributed by atoms with Gasteiger partial charge in [-0.1, -0.05) is 85.9 Å². The third-order valence-corrected chi connectivity index (χ3v) is 5.26. The van der Waals surface area contributed by atoms with Crippen LogP contribution in [-0.4, -0.2) is 0 Å². The number of fused-ring (bicyclic) bond motifs is 1. The van der Waals surface area contributed by atoms with Crippen LogP contribution >= 0.6 is 43.5 Å². The van der Waals surface area contributed by atoms with Gasteiger partial charge in [-0.2, -0.15) is 0 Å². The van der Waals surface area contributed by atoms with Crippen LogP contribution in [0.4, 0.5) is 0 Å². The van der Waals surface area contributed by atoms with Gasteiger partial charge in [0, 0.05) is 14.3 Å². The van der Waals surface area contributed by atoms with Crippen molar-refractivity contribution in [2.45, 2.75) is 11.2 Å². The van der Waals surface area contributed by atoms with Gasteiger partial charge in [0.05, 0.1) is 0 Å². The fourth-order valence-corrected chi connectivity index (χ4v) is 3.63. The van der Waals surface area contributed by atoms with Gasteiger partial charge in [-0.05, 0) is 46.5 Å². The van der Waals surface area contributed by atoms with Crippen LogP contribution in [0.2, 0.25) is 5.02 Å². The minimum Gasteiger partial charge on any atom is -0.0840 e. The van der Waals surface area contributed by atoms with Crippen molar-refractivity contribution in [1.82, 2.24) is 0 Å². The van der Waals surface area contributed by atoms with Crippen molar-refractivity contribution < 1.29 is 0 Å². The van der Waals surface area contributed by atoms with E-state index in [0.717, 1.165) is 21.5 Å². The molecule has 0 nitrogen and oxygen atoms in total. The first kappa shape index (κ1) is 15.1. The summed E-state index contributed by atoms with van der Waals surface area (Å²) in [5.74, 6) is 0. The number of rotatable bonds is 3. The molecule has 0 aliphatic heterocycles. The smallest absolute Gasteiger partial charge is 0.0438 e. The summed E-state index contributed by atoms with van der Waals surface area (Å²) in [7, 11) is 0. The Balaban J connectivity index is 1.89. The van der Waals surface area contributed by atoms with Crippen LogP contribution in [0.1, 0.15) is 16.0 Å². The van der Waals surface area contributed by atoms with Crippen molar-refractivity contribution in [1.29, 1.82) is 0 Å². The first-order chi connectivity index (χ1) is 10.1. The molecule has 21 heavy (non-hydrogen) atoms. The molecule has 106 valence electrons. The SMILES string of the molecule is Clc1ccccc1CC(Br)c1ccc2cc(Br)ccc2c1. The van der Waals surface area contributed by atoms with E-state index in [2.05, 4.69) is 74.3 Å². The van der Waals surface area contributed by atoms with Crippen LogP contribution in [0.15, 0.2) is 65.1 Å². The Kier molecular flexibility index (Phi) is 4.68. The summed E-state index contributed by atoms with van der Waals surface area (Å²) < 4.78 is 1.11. The fourth-order valence-electron chi connectivity index (χ4n) is 2.40. The quantitative estimate of drug-likeness (QED) is 0.400. The molecule has 1 unspecified atom stereocenters. The maximum atomic E-state index is 6.24. The zero-order valence-electron chi connectivity index (χ0n) is 11.2. The van der Waals surface area contributed by atoms with Gasteiger partial charge >= 0.3 is 0 Å². The van der Waals surface area contributed by atoms with Crippen LogP contribution in [0.5, 0.6) is 0 Å². The topological polar surface area (TPSA) is 0 Å². The standard InChI is InChI=1S/C18H13Br2Cl/c19-16-8-7-12-9-14(6-5-13(12)10-16)17(20)11-15-3-1-2-4-18(15)21/h1-10,17H,11H2.